The third kappa shape index (κ3) is 3.70. The zero-order valence-electron chi connectivity index (χ0n) is 12.8. The Morgan fingerprint density at radius 3 is 2.67 bits per heavy atom. The minimum Gasteiger partial charge on any atom is -0.299 e. The van der Waals surface area contributed by atoms with Crippen LogP contribution >= 0.6 is 11.8 Å². The Bertz CT molecular complexity index is 862. The molecular formula is C16H15F2NO3S2. The average Bonchev–Trinajstić information content (AvgIpc) is 2.81. The molecule has 4 nitrogen and oxygen atoms in total. The number of carbonyl (C=O) groups is 1. The number of Topliss-reactive ketones (excluding diaryl/α,β-unsaturated/α-hetero) is 1. The van der Waals surface area contributed by atoms with Gasteiger partial charge in [-0.25, -0.2) is 17.2 Å². The van der Waals surface area contributed by atoms with Crippen LogP contribution in [0, 0.1) is 23.5 Å². The zero-order valence-corrected chi connectivity index (χ0v) is 14.4. The summed E-state index contributed by atoms with van der Waals surface area (Å²) in [5.41, 5.74) is 0.335. The molecule has 0 heterocycles. The Balaban J connectivity index is 1.96. The fraction of sp³-hybridized carbons (Fsp3) is 0.312. The summed E-state index contributed by atoms with van der Waals surface area (Å²) in [7, 11) is -3.52. The summed E-state index contributed by atoms with van der Waals surface area (Å²) < 4.78 is 52.5. The Hall–Kier alpha value is -1.67. The molecule has 2 atom stereocenters. The van der Waals surface area contributed by atoms with E-state index in [-0.39, 0.29) is 22.5 Å². The van der Waals surface area contributed by atoms with Gasteiger partial charge in [0, 0.05) is 28.2 Å². The molecule has 0 amide bonds. The molecule has 2 aliphatic rings. The number of nitrogens with one attached hydrogen (secondary N) is 1. The van der Waals surface area contributed by atoms with Crippen LogP contribution in [0.5, 0.6) is 0 Å². The summed E-state index contributed by atoms with van der Waals surface area (Å²) in [6, 6.07) is 3.19. The SMILES string of the molecule is CS(=O)(=O)NC1=CC2CCC(=O)C2C=C1Sc1ccc(F)cc1F. The van der Waals surface area contributed by atoms with Crippen molar-refractivity contribution in [2.24, 2.45) is 11.8 Å². The molecule has 0 saturated heterocycles. The van der Waals surface area contributed by atoms with Crippen molar-refractivity contribution in [2.75, 3.05) is 6.26 Å². The highest BCUT2D eigenvalue weighted by atomic mass is 32.2. The van der Waals surface area contributed by atoms with Crippen molar-refractivity contribution in [1.29, 1.82) is 0 Å². The summed E-state index contributed by atoms with van der Waals surface area (Å²) >= 11 is 0.972. The number of fused-ring (bicyclic) bond motifs is 1. The van der Waals surface area contributed by atoms with Gasteiger partial charge in [-0.1, -0.05) is 23.9 Å². The normalized spacial score (nSPS) is 23.5. The minimum absolute atomic E-state index is 0.0517. The monoisotopic (exact) mass is 371 g/mol. The average molecular weight is 371 g/mol. The fourth-order valence-corrected chi connectivity index (χ4v) is 4.51. The molecule has 2 aliphatic carbocycles. The van der Waals surface area contributed by atoms with Crippen LogP contribution in [-0.4, -0.2) is 20.5 Å². The van der Waals surface area contributed by atoms with Gasteiger partial charge in [-0.2, -0.15) is 0 Å². The van der Waals surface area contributed by atoms with Crippen molar-refractivity contribution in [2.45, 2.75) is 17.7 Å². The van der Waals surface area contributed by atoms with Crippen LogP contribution < -0.4 is 4.72 Å². The van der Waals surface area contributed by atoms with Gasteiger partial charge in [0.2, 0.25) is 10.0 Å². The van der Waals surface area contributed by atoms with Crippen LogP contribution in [0.2, 0.25) is 0 Å². The number of rotatable bonds is 4. The first-order valence-corrected chi connectivity index (χ1v) is 10.0. The summed E-state index contributed by atoms with van der Waals surface area (Å²) in [5, 5.41) is 0. The quantitative estimate of drug-likeness (QED) is 0.884. The van der Waals surface area contributed by atoms with Gasteiger partial charge in [-0.05, 0) is 24.5 Å². The van der Waals surface area contributed by atoms with E-state index in [1.807, 2.05) is 0 Å². The molecule has 0 radical (unpaired) electrons. The van der Waals surface area contributed by atoms with Gasteiger partial charge in [-0.3, -0.25) is 9.52 Å². The van der Waals surface area contributed by atoms with Crippen LogP contribution in [0.15, 0.2) is 45.8 Å². The van der Waals surface area contributed by atoms with Gasteiger partial charge in [-0.15, -0.1) is 0 Å². The van der Waals surface area contributed by atoms with Crippen molar-refractivity contribution in [3.8, 4) is 0 Å². The summed E-state index contributed by atoms with van der Waals surface area (Å²) in [4.78, 5) is 12.6. The second-order valence-corrected chi connectivity index (χ2v) is 8.69. The molecule has 1 aromatic carbocycles. The van der Waals surface area contributed by atoms with E-state index in [0.717, 1.165) is 30.2 Å². The number of ketones is 1. The number of carbonyl (C=O) groups excluding carboxylic acids is 1. The molecule has 24 heavy (non-hydrogen) atoms. The standard InChI is InChI=1S/C16H15F2NO3S2/c1-24(21,22)19-13-6-9-2-4-14(20)11(9)8-16(13)23-15-5-3-10(17)7-12(15)18/h3,5-9,11,19H,2,4H2,1H3. The molecule has 1 saturated carbocycles. The van der Waals surface area contributed by atoms with Crippen molar-refractivity contribution >= 4 is 27.6 Å². The van der Waals surface area contributed by atoms with Gasteiger partial charge in [0.15, 0.2) is 0 Å². The van der Waals surface area contributed by atoms with E-state index in [1.165, 1.54) is 6.07 Å². The first kappa shape index (κ1) is 17.2. The number of halogens is 2. The third-order valence-electron chi connectivity index (χ3n) is 3.94. The van der Waals surface area contributed by atoms with E-state index in [2.05, 4.69) is 4.72 Å². The highest BCUT2D eigenvalue weighted by Gasteiger charge is 2.36. The molecule has 2 unspecified atom stereocenters. The lowest BCUT2D eigenvalue weighted by Crippen LogP contribution is -2.26. The smallest absolute Gasteiger partial charge is 0.229 e. The molecule has 1 aromatic rings. The minimum atomic E-state index is -3.52. The number of allylic oxidation sites excluding steroid dienone is 2. The van der Waals surface area contributed by atoms with Crippen molar-refractivity contribution in [3.63, 3.8) is 0 Å². The molecule has 1 fully saturated rings. The first-order chi connectivity index (χ1) is 11.2. The van der Waals surface area contributed by atoms with Gasteiger partial charge < -0.3 is 0 Å². The number of benzene rings is 1. The van der Waals surface area contributed by atoms with Gasteiger partial charge in [0.05, 0.1) is 12.0 Å². The number of thioether (sulfide) groups is 1. The molecule has 128 valence electrons. The van der Waals surface area contributed by atoms with Crippen molar-refractivity contribution in [1.82, 2.24) is 4.72 Å². The first-order valence-electron chi connectivity index (χ1n) is 7.30. The highest BCUT2D eigenvalue weighted by Crippen LogP contribution is 2.42. The van der Waals surface area contributed by atoms with Crippen LogP contribution in [0.4, 0.5) is 8.78 Å². The van der Waals surface area contributed by atoms with Crippen molar-refractivity contribution in [3.05, 3.63) is 52.6 Å². The fourth-order valence-electron chi connectivity index (χ4n) is 2.90. The predicted molar refractivity (Wildman–Crippen MR) is 87.6 cm³/mol. The van der Waals surface area contributed by atoms with E-state index < -0.39 is 21.7 Å². The van der Waals surface area contributed by atoms with E-state index in [0.29, 0.717) is 23.4 Å². The molecule has 8 heteroatoms. The molecule has 0 aliphatic heterocycles. The van der Waals surface area contributed by atoms with Crippen LogP contribution in [0.1, 0.15) is 12.8 Å². The number of hydrogen-bond donors (Lipinski definition) is 1. The zero-order chi connectivity index (χ0) is 17.5. The molecule has 3 rings (SSSR count). The number of sulfonamides is 1. The highest BCUT2D eigenvalue weighted by molar-refractivity contribution is 8.03. The van der Waals surface area contributed by atoms with E-state index >= 15 is 0 Å². The van der Waals surface area contributed by atoms with Crippen LogP contribution in [0.3, 0.4) is 0 Å². The maximum atomic E-state index is 13.9. The van der Waals surface area contributed by atoms with Crippen LogP contribution in [0.25, 0.3) is 0 Å². The Labute approximate surface area is 143 Å². The Morgan fingerprint density at radius 2 is 2.00 bits per heavy atom. The Morgan fingerprint density at radius 1 is 1.25 bits per heavy atom. The number of hydrogen-bond acceptors (Lipinski definition) is 4. The van der Waals surface area contributed by atoms with Crippen molar-refractivity contribution < 1.29 is 22.0 Å². The second kappa shape index (κ2) is 6.33. The van der Waals surface area contributed by atoms with Gasteiger partial charge in [0.1, 0.15) is 17.4 Å². The lowest BCUT2D eigenvalue weighted by Gasteiger charge is -2.23. The maximum Gasteiger partial charge on any atom is 0.229 e. The summed E-state index contributed by atoms with van der Waals surface area (Å²) in [6.07, 6.45) is 5.54. The molecule has 0 aromatic heterocycles. The molecular weight excluding hydrogens is 356 g/mol. The summed E-state index contributed by atoms with van der Waals surface area (Å²) in [5.74, 6) is -1.71. The maximum absolute atomic E-state index is 13.9. The largest absolute Gasteiger partial charge is 0.299 e. The van der Waals surface area contributed by atoms with E-state index in [9.17, 15) is 22.0 Å². The van der Waals surface area contributed by atoms with E-state index in [4.69, 9.17) is 0 Å². The molecule has 0 bridgehead atoms. The lowest BCUT2D eigenvalue weighted by atomic mass is 9.90. The second-order valence-electron chi connectivity index (χ2n) is 5.86. The molecule has 0 spiro atoms. The van der Waals surface area contributed by atoms with Gasteiger partial charge >= 0.3 is 0 Å². The third-order valence-corrected chi connectivity index (χ3v) is 5.66. The predicted octanol–water partition coefficient (Wildman–Crippen LogP) is 2.98. The lowest BCUT2D eigenvalue weighted by molar-refractivity contribution is -0.119. The van der Waals surface area contributed by atoms with Crippen LogP contribution in [-0.2, 0) is 14.8 Å². The Kier molecular flexibility index (Phi) is 4.52. The summed E-state index contributed by atoms with van der Waals surface area (Å²) in [6.45, 7) is 0. The molecule has 1 N–H and O–H groups in total. The van der Waals surface area contributed by atoms with Gasteiger partial charge in [0.25, 0.3) is 0 Å². The van der Waals surface area contributed by atoms with E-state index in [1.54, 1.807) is 12.2 Å². The topological polar surface area (TPSA) is 63.2 Å².